The molecule has 8 nitrogen and oxygen atoms in total. The van der Waals surface area contributed by atoms with E-state index >= 15 is 0 Å². The van der Waals surface area contributed by atoms with E-state index in [1.54, 1.807) is 37.4 Å². The van der Waals surface area contributed by atoms with Crippen LogP contribution in [-0.2, 0) is 7.05 Å². The van der Waals surface area contributed by atoms with Crippen LogP contribution in [0.25, 0.3) is 16.4 Å². The molecule has 1 N–H and O–H groups in total. The van der Waals surface area contributed by atoms with Crippen molar-refractivity contribution >= 4 is 34.0 Å². The topological polar surface area (TPSA) is 94.7 Å². The molecule has 0 saturated carbocycles. The predicted octanol–water partition coefficient (Wildman–Crippen LogP) is 3.61. The number of halogens is 1. The lowest BCUT2D eigenvalue weighted by Crippen LogP contribution is -2.26. The summed E-state index contributed by atoms with van der Waals surface area (Å²) in [5.41, 5.74) is 1.34. The molecular weight excluding hydrogens is 424 g/mol. The highest BCUT2D eigenvalue weighted by Crippen LogP contribution is 2.31. The fraction of sp³-hybridized carbons (Fsp3) is 0.150. The predicted molar refractivity (Wildman–Crippen MR) is 117 cm³/mol. The third-order valence-electron chi connectivity index (χ3n) is 4.44. The summed E-state index contributed by atoms with van der Waals surface area (Å²) in [6.45, 7) is 3.59. The second kappa shape index (κ2) is 7.85. The quantitative estimate of drug-likeness (QED) is 0.523. The largest absolute Gasteiger partial charge is 0.333 e. The van der Waals surface area contributed by atoms with E-state index < -0.39 is 11.3 Å². The molecule has 0 aliphatic heterocycles. The first kappa shape index (κ1) is 20.0. The maximum Gasteiger partial charge on any atom is 0.281 e. The van der Waals surface area contributed by atoms with Gasteiger partial charge in [-0.15, -0.1) is 0 Å². The van der Waals surface area contributed by atoms with Gasteiger partial charge < -0.3 is 4.57 Å². The molecule has 0 aliphatic rings. The number of benzene rings is 1. The number of carbonyl (C=O) groups is 1. The van der Waals surface area contributed by atoms with Gasteiger partial charge in [-0.05, 0) is 38.1 Å². The van der Waals surface area contributed by atoms with Crippen LogP contribution < -0.4 is 10.7 Å². The van der Waals surface area contributed by atoms with Crippen LogP contribution in [0.4, 0.5) is 5.13 Å². The van der Waals surface area contributed by atoms with E-state index in [1.165, 1.54) is 22.1 Å². The molecule has 0 bridgehead atoms. The molecule has 3 aromatic heterocycles. The van der Waals surface area contributed by atoms with Crippen molar-refractivity contribution in [3.8, 4) is 16.4 Å². The number of thiazole rings is 1. The summed E-state index contributed by atoms with van der Waals surface area (Å²) in [6.07, 6.45) is 3.53. The maximum absolute atomic E-state index is 12.8. The molecule has 0 spiro atoms. The monoisotopic (exact) mass is 440 g/mol. The number of hydrogen-bond donors (Lipinski definition) is 1. The smallest absolute Gasteiger partial charge is 0.281 e. The standard InChI is InChI=1S/C20H17ClN6O2S/c1-11-10-15(28)16(25-27(11)14-6-4-13(21)5-7-14)19(29)24-20-23-12(2)17(30-20)18-22-8-9-26(18)3/h4-10H,1-3H3,(H,23,24,29). The number of aryl methyl sites for hydroxylation is 3. The summed E-state index contributed by atoms with van der Waals surface area (Å²) < 4.78 is 3.40. The van der Waals surface area contributed by atoms with Crippen molar-refractivity contribution in [1.29, 1.82) is 0 Å². The van der Waals surface area contributed by atoms with E-state index in [9.17, 15) is 9.59 Å². The lowest BCUT2D eigenvalue weighted by molar-refractivity contribution is 0.101. The number of aromatic nitrogens is 5. The van der Waals surface area contributed by atoms with E-state index in [4.69, 9.17) is 11.6 Å². The fourth-order valence-electron chi connectivity index (χ4n) is 2.95. The highest BCUT2D eigenvalue weighted by molar-refractivity contribution is 7.19. The summed E-state index contributed by atoms with van der Waals surface area (Å²) in [5, 5.41) is 7.91. The first-order valence-corrected chi connectivity index (χ1v) is 10.2. The Balaban J connectivity index is 1.66. The van der Waals surface area contributed by atoms with Crippen LogP contribution in [0.2, 0.25) is 5.02 Å². The molecule has 0 radical (unpaired) electrons. The van der Waals surface area contributed by atoms with Gasteiger partial charge in [0.1, 0.15) is 0 Å². The molecule has 3 heterocycles. The van der Waals surface area contributed by atoms with Crippen molar-refractivity contribution < 1.29 is 4.79 Å². The lowest BCUT2D eigenvalue weighted by Gasteiger charge is -2.11. The molecule has 1 aromatic carbocycles. The zero-order chi connectivity index (χ0) is 21.4. The van der Waals surface area contributed by atoms with Crippen molar-refractivity contribution in [3.63, 3.8) is 0 Å². The van der Waals surface area contributed by atoms with Gasteiger partial charge in [0, 0.05) is 36.2 Å². The van der Waals surface area contributed by atoms with Gasteiger partial charge in [0.25, 0.3) is 5.91 Å². The highest BCUT2D eigenvalue weighted by atomic mass is 35.5. The first-order valence-electron chi connectivity index (χ1n) is 8.97. The molecular formula is C20H17ClN6O2S. The number of anilines is 1. The van der Waals surface area contributed by atoms with Crippen LogP contribution in [0.3, 0.4) is 0 Å². The van der Waals surface area contributed by atoms with E-state index in [0.717, 1.165) is 16.4 Å². The molecule has 4 aromatic rings. The molecule has 0 unspecified atom stereocenters. The van der Waals surface area contributed by atoms with Crippen LogP contribution in [0.1, 0.15) is 21.9 Å². The number of rotatable bonds is 4. The highest BCUT2D eigenvalue weighted by Gasteiger charge is 2.19. The average Bonchev–Trinajstić information content (AvgIpc) is 3.27. The zero-order valence-corrected chi connectivity index (χ0v) is 18.0. The Morgan fingerprint density at radius 2 is 1.93 bits per heavy atom. The van der Waals surface area contributed by atoms with Crippen LogP contribution in [0.5, 0.6) is 0 Å². The van der Waals surface area contributed by atoms with Gasteiger partial charge in [0.05, 0.1) is 16.3 Å². The van der Waals surface area contributed by atoms with Gasteiger partial charge in [-0.3, -0.25) is 14.9 Å². The number of nitrogens with one attached hydrogen (secondary N) is 1. The molecule has 10 heteroatoms. The van der Waals surface area contributed by atoms with Crippen LogP contribution >= 0.6 is 22.9 Å². The van der Waals surface area contributed by atoms with Crippen molar-refractivity contribution in [1.82, 2.24) is 24.3 Å². The number of hydrogen-bond acceptors (Lipinski definition) is 6. The Labute approximate surface area is 180 Å². The van der Waals surface area contributed by atoms with Gasteiger partial charge in [-0.1, -0.05) is 22.9 Å². The molecule has 4 rings (SSSR count). The molecule has 0 fully saturated rings. The number of carbonyl (C=O) groups excluding carboxylic acids is 1. The minimum Gasteiger partial charge on any atom is -0.333 e. The van der Waals surface area contributed by atoms with Crippen molar-refractivity contribution in [2.24, 2.45) is 7.05 Å². The Kier molecular flexibility index (Phi) is 5.23. The van der Waals surface area contributed by atoms with Crippen LogP contribution in [0.15, 0.2) is 47.5 Å². The van der Waals surface area contributed by atoms with Crippen molar-refractivity contribution in [2.45, 2.75) is 13.8 Å². The van der Waals surface area contributed by atoms with E-state index in [2.05, 4.69) is 20.4 Å². The minimum absolute atomic E-state index is 0.220. The summed E-state index contributed by atoms with van der Waals surface area (Å²) in [7, 11) is 1.88. The van der Waals surface area contributed by atoms with Gasteiger partial charge in [-0.25, -0.2) is 14.6 Å². The van der Waals surface area contributed by atoms with Crippen LogP contribution in [0, 0.1) is 13.8 Å². The summed E-state index contributed by atoms with van der Waals surface area (Å²) in [4.78, 5) is 34.8. The third-order valence-corrected chi connectivity index (χ3v) is 5.76. The Bertz CT molecular complexity index is 1310. The van der Waals surface area contributed by atoms with Gasteiger partial charge in [0.2, 0.25) is 5.43 Å². The number of nitrogens with zero attached hydrogens (tertiary/aromatic N) is 5. The van der Waals surface area contributed by atoms with E-state index in [-0.39, 0.29) is 5.69 Å². The SMILES string of the molecule is Cc1nc(NC(=O)c2nn(-c3ccc(Cl)cc3)c(C)cc2=O)sc1-c1nccn1C. The minimum atomic E-state index is -0.622. The van der Waals surface area contributed by atoms with Gasteiger partial charge in [0.15, 0.2) is 16.6 Å². The molecule has 30 heavy (non-hydrogen) atoms. The van der Waals surface area contributed by atoms with Crippen molar-refractivity contribution in [2.75, 3.05) is 5.32 Å². The molecule has 0 saturated heterocycles. The third kappa shape index (κ3) is 3.77. The summed E-state index contributed by atoms with van der Waals surface area (Å²) in [5.74, 6) is 0.131. The average molecular weight is 441 g/mol. The number of imidazole rings is 1. The Morgan fingerprint density at radius 1 is 1.20 bits per heavy atom. The van der Waals surface area contributed by atoms with Gasteiger partial charge >= 0.3 is 0 Å². The van der Waals surface area contributed by atoms with E-state index in [0.29, 0.717) is 21.5 Å². The molecule has 1 amide bonds. The molecule has 152 valence electrons. The summed E-state index contributed by atoms with van der Waals surface area (Å²) >= 11 is 7.23. The van der Waals surface area contributed by atoms with E-state index in [1.807, 2.05) is 24.7 Å². The van der Waals surface area contributed by atoms with Gasteiger partial charge in [-0.2, -0.15) is 5.10 Å². The lowest BCUT2D eigenvalue weighted by atomic mass is 10.2. The Morgan fingerprint density at radius 3 is 2.60 bits per heavy atom. The second-order valence-corrected chi connectivity index (χ2v) is 8.07. The van der Waals surface area contributed by atoms with Crippen LogP contribution in [-0.4, -0.2) is 30.2 Å². The molecule has 0 atom stereocenters. The molecule has 0 aliphatic carbocycles. The summed E-state index contributed by atoms with van der Waals surface area (Å²) in [6, 6.07) is 8.33. The normalized spacial score (nSPS) is 10.9. The maximum atomic E-state index is 12.8. The first-order chi connectivity index (χ1) is 14.3. The zero-order valence-electron chi connectivity index (χ0n) is 16.4. The number of amides is 1. The van der Waals surface area contributed by atoms with Crippen molar-refractivity contribution in [3.05, 3.63) is 75.1 Å². The second-order valence-electron chi connectivity index (χ2n) is 6.64. The Hall–Kier alpha value is -3.30. The fourth-order valence-corrected chi connectivity index (χ4v) is 4.07.